The predicted octanol–water partition coefficient (Wildman–Crippen LogP) is 1.17. The van der Waals surface area contributed by atoms with Gasteiger partial charge in [-0.3, -0.25) is 4.90 Å². The van der Waals surface area contributed by atoms with Gasteiger partial charge in [-0.05, 0) is 47.5 Å². The zero-order valence-corrected chi connectivity index (χ0v) is 14.3. The smallest absolute Gasteiger partial charge is 0.215 e. The number of sulfonamides is 1. The quantitative estimate of drug-likeness (QED) is 0.636. The number of nitrogens with zero attached hydrogens (tertiary/aromatic N) is 1. The van der Waals surface area contributed by atoms with Crippen molar-refractivity contribution in [2.24, 2.45) is 0 Å². The van der Waals surface area contributed by atoms with E-state index in [1.807, 2.05) is 0 Å². The Morgan fingerprint density at radius 3 is 2.10 bits per heavy atom. The van der Waals surface area contributed by atoms with Crippen molar-refractivity contribution < 1.29 is 8.42 Å². The molecule has 1 aliphatic carbocycles. The van der Waals surface area contributed by atoms with E-state index in [0.717, 1.165) is 6.54 Å². The van der Waals surface area contributed by atoms with Crippen molar-refractivity contribution in [2.75, 3.05) is 19.6 Å². The average Bonchev–Trinajstić information content (AvgIpc) is 3.14. The van der Waals surface area contributed by atoms with Crippen molar-refractivity contribution in [1.82, 2.24) is 14.9 Å². The second-order valence-electron chi connectivity index (χ2n) is 6.36. The second kappa shape index (κ2) is 7.73. The lowest BCUT2D eigenvalue weighted by molar-refractivity contribution is 0.179. The first kappa shape index (κ1) is 17.9. The lowest BCUT2D eigenvalue weighted by Crippen LogP contribution is -2.45. The minimum Gasteiger partial charge on any atom is -0.313 e. The first-order valence-electron chi connectivity index (χ1n) is 7.71. The molecular formula is C14H31N3O2S. The van der Waals surface area contributed by atoms with Gasteiger partial charge in [-0.2, -0.15) is 0 Å². The third-order valence-corrected chi connectivity index (χ3v) is 5.63. The molecule has 6 heteroatoms. The summed E-state index contributed by atoms with van der Waals surface area (Å²) >= 11 is 0. The Hall–Kier alpha value is -0.170. The third kappa shape index (κ3) is 6.08. The first-order chi connectivity index (χ1) is 9.24. The van der Waals surface area contributed by atoms with Gasteiger partial charge >= 0.3 is 0 Å². The summed E-state index contributed by atoms with van der Waals surface area (Å²) in [6.07, 6.45) is 2.36. The Labute approximate surface area is 124 Å². The zero-order valence-electron chi connectivity index (χ0n) is 13.5. The predicted molar refractivity (Wildman–Crippen MR) is 84.4 cm³/mol. The van der Waals surface area contributed by atoms with E-state index < -0.39 is 10.0 Å². The molecule has 0 aromatic carbocycles. The van der Waals surface area contributed by atoms with Crippen LogP contribution in [0.4, 0.5) is 0 Å². The van der Waals surface area contributed by atoms with Crippen LogP contribution in [0.5, 0.6) is 0 Å². The van der Waals surface area contributed by atoms with Gasteiger partial charge in [0.2, 0.25) is 10.0 Å². The van der Waals surface area contributed by atoms with Crippen LogP contribution in [0, 0.1) is 0 Å². The molecule has 0 radical (unpaired) electrons. The summed E-state index contributed by atoms with van der Waals surface area (Å²) in [5, 5.41) is 2.89. The molecule has 0 aromatic rings. The molecule has 1 unspecified atom stereocenters. The highest BCUT2D eigenvalue weighted by molar-refractivity contribution is 7.90. The van der Waals surface area contributed by atoms with Gasteiger partial charge in [0.25, 0.3) is 0 Å². The molecular weight excluding hydrogens is 274 g/mol. The van der Waals surface area contributed by atoms with E-state index in [1.54, 1.807) is 6.92 Å². The molecule has 0 aliphatic heterocycles. The second-order valence-corrected chi connectivity index (χ2v) is 8.54. The maximum atomic E-state index is 12.1. The number of hydrogen-bond acceptors (Lipinski definition) is 4. The van der Waals surface area contributed by atoms with E-state index >= 15 is 0 Å². The average molecular weight is 305 g/mol. The minimum atomic E-state index is -3.21. The van der Waals surface area contributed by atoms with Crippen molar-refractivity contribution >= 4 is 10.0 Å². The molecule has 5 nitrogen and oxygen atoms in total. The monoisotopic (exact) mass is 305 g/mol. The standard InChI is InChI=1S/C14H31N3O2S/c1-11(2)17(12(3)4)9-8-16-20(18,19)13(5)10-15-14-6-7-14/h11-16H,6-10H2,1-5H3. The zero-order chi connectivity index (χ0) is 15.3. The van der Waals surface area contributed by atoms with E-state index in [1.165, 1.54) is 12.8 Å². The maximum absolute atomic E-state index is 12.1. The molecule has 1 fully saturated rings. The summed E-state index contributed by atoms with van der Waals surface area (Å²) in [6.45, 7) is 12.1. The molecule has 0 saturated heterocycles. The SMILES string of the molecule is CC(C)N(CCNS(=O)(=O)C(C)CNC1CC1)C(C)C. The Bertz CT molecular complexity index is 370. The Morgan fingerprint density at radius 1 is 1.10 bits per heavy atom. The Balaban J connectivity index is 2.33. The maximum Gasteiger partial charge on any atom is 0.215 e. The number of hydrogen-bond donors (Lipinski definition) is 2. The molecule has 2 N–H and O–H groups in total. The third-order valence-electron chi connectivity index (χ3n) is 3.80. The summed E-state index contributed by atoms with van der Waals surface area (Å²) in [5.74, 6) is 0. The summed E-state index contributed by atoms with van der Waals surface area (Å²) in [4.78, 5) is 2.29. The van der Waals surface area contributed by atoms with Gasteiger partial charge in [0.15, 0.2) is 0 Å². The van der Waals surface area contributed by atoms with Crippen molar-refractivity contribution in [3.05, 3.63) is 0 Å². The summed E-state index contributed by atoms with van der Waals surface area (Å²) < 4.78 is 27.0. The molecule has 1 rings (SSSR count). The van der Waals surface area contributed by atoms with Gasteiger partial charge in [0.1, 0.15) is 0 Å². The van der Waals surface area contributed by atoms with Crippen molar-refractivity contribution in [1.29, 1.82) is 0 Å². The van der Waals surface area contributed by atoms with Gasteiger partial charge < -0.3 is 5.32 Å². The fraction of sp³-hybridized carbons (Fsp3) is 1.00. The van der Waals surface area contributed by atoms with Gasteiger partial charge in [-0.15, -0.1) is 0 Å². The fourth-order valence-corrected chi connectivity index (χ4v) is 3.28. The molecule has 0 bridgehead atoms. The molecule has 1 atom stereocenters. The summed E-state index contributed by atoms with van der Waals surface area (Å²) in [5.41, 5.74) is 0. The molecule has 120 valence electrons. The van der Waals surface area contributed by atoms with Gasteiger partial charge in [0.05, 0.1) is 5.25 Å². The van der Waals surface area contributed by atoms with Gasteiger partial charge in [-0.1, -0.05) is 0 Å². The lowest BCUT2D eigenvalue weighted by Gasteiger charge is -2.30. The van der Waals surface area contributed by atoms with Crippen LogP contribution in [0.25, 0.3) is 0 Å². The van der Waals surface area contributed by atoms with E-state index in [2.05, 4.69) is 42.6 Å². The van der Waals surface area contributed by atoms with E-state index in [-0.39, 0.29) is 5.25 Å². The highest BCUT2D eigenvalue weighted by Gasteiger charge is 2.25. The van der Waals surface area contributed by atoms with Crippen LogP contribution in [0.3, 0.4) is 0 Å². The van der Waals surface area contributed by atoms with Crippen molar-refractivity contribution in [3.63, 3.8) is 0 Å². The van der Waals surface area contributed by atoms with Crippen LogP contribution in [-0.4, -0.2) is 56.3 Å². The Kier molecular flexibility index (Phi) is 6.91. The molecule has 0 amide bonds. The van der Waals surface area contributed by atoms with Crippen LogP contribution >= 0.6 is 0 Å². The van der Waals surface area contributed by atoms with E-state index in [0.29, 0.717) is 31.2 Å². The highest BCUT2D eigenvalue weighted by Crippen LogP contribution is 2.18. The van der Waals surface area contributed by atoms with Crippen LogP contribution in [0.2, 0.25) is 0 Å². The van der Waals surface area contributed by atoms with Crippen molar-refractivity contribution in [2.45, 2.75) is 70.8 Å². The molecule has 20 heavy (non-hydrogen) atoms. The topological polar surface area (TPSA) is 61.4 Å². The van der Waals surface area contributed by atoms with Crippen molar-refractivity contribution in [3.8, 4) is 0 Å². The fourth-order valence-electron chi connectivity index (χ4n) is 2.30. The molecule has 0 spiro atoms. The van der Waals surface area contributed by atoms with Crippen LogP contribution < -0.4 is 10.0 Å². The van der Waals surface area contributed by atoms with E-state index in [4.69, 9.17) is 0 Å². The van der Waals surface area contributed by atoms with Gasteiger partial charge in [-0.25, -0.2) is 13.1 Å². The first-order valence-corrected chi connectivity index (χ1v) is 9.26. The van der Waals surface area contributed by atoms with Crippen LogP contribution in [0.1, 0.15) is 47.5 Å². The molecule has 0 heterocycles. The largest absolute Gasteiger partial charge is 0.313 e. The Morgan fingerprint density at radius 2 is 1.65 bits per heavy atom. The van der Waals surface area contributed by atoms with E-state index in [9.17, 15) is 8.42 Å². The molecule has 1 saturated carbocycles. The normalized spacial score (nSPS) is 18.2. The van der Waals surface area contributed by atoms with Gasteiger partial charge in [0, 0.05) is 37.8 Å². The molecule has 1 aliphatic rings. The highest BCUT2D eigenvalue weighted by atomic mass is 32.2. The van der Waals surface area contributed by atoms with Crippen LogP contribution in [0.15, 0.2) is 0 Å². The molecule has 0 aromatic heterocycles. The minimum absolute atomic E-state index is 0.380. The number of nitrogens with one attached hydrogen (secondary N) is 2. The van der Waals surface area contributed by atoms with Crippen LogP contribution in [-0.2, 0) is 10.0 Å². The summed E-state index contributed by atoms with van der Waals surface area (Å²) in [7, 11) is -3.21. The lowest BCUT2D eigenvalue weighted by atomic mass is 10.2. The summed E-state index contributed by atoms with van der Waals surface area (Å²) in [6, 6.07) is 1.40. The number of rotatable bonds is 10.